The van der Waals surface area contributed by atoms with Gasteiger partial charge in [-0.05, 0) is 63.2 Å². The Labute approximate surface area is 117 Å². The molecule has 1 aromatic carbocycles. The van der Waals surface area contributed by atoms with E-state index in [2.05, 4.69) is 17.3 Å². The first-order chi connectivity index (χ1) is 9.13. The molecule has 1 fully saturated rings. The first-order valence-electron chi connectivity index (χ1n) is 7.31. The molecule has 2 nitrogen and oxygen atoms in total. The fourth-order valence-electron chi connectivity index (χ4n) is 2.39. The van der Waals surface area contributed by atoms with Crippen molar-refractivity contribution in [2.75, 3.05) is 20.1 Å². The molecule has 1 aliphatic rings. The van der Waals surface area contributed by atoms with Gasteiger partial charge < -0.3 is 10.2 Å². The van der Waals surface area contributed by atoms with E-state index in [4.69, 9.17) is 0 Å². The number of nitrogens with one attached hydrogen (secondary N) is 1. The molecule has 1 saturated heterocycles. The van der Waals surface area contributed by atoms with Gasteiger partial charge in [-0.3, -0.25) is 0 Å². The van der Waals surface area contributed by atoms with E-state index >= 15 is 0 Å². The molecule has 1 N–H and O–H groups in total. The molecular formula is C16H27FN2. The van der Waals surface area contributed by atoms with Crippen LogP contribution in [0.2, 0.25) is 0 Å². The zero-order valence-corrected chi connectivity index (χ0v) is 12.7. The van der Waals surface area contributed by atoms with Crippen molar-refractivity contribution in [1.29, 1.82) is 0 Å². The molecule has 0 bridgehead atoms. The Balaban J connectivity index is 0.000000861. The molecule has 0 spiro atoms. The van der Waals surface area contributed by atoms with Crippen molar-refractivity contribution in [2.45, 2.75) is 46.2 Å². The molecule has 0 unspecified atom stereocenters. The van der Waals surface area contributed by atoms with E-state index in [0.29, 0.717) is 6.04 Å². The van der Waals surface area contributed by atoms with E-state index in [1.165, 1.54) is 12.8 Å². The first kappa shape index (κ1) is 16.1. The van der Waals surface area contributed by atoms with Crippen LogP contribution in [0.4, 0.5) is 4.39 Å². The minimum atomic E-state index is -0.134. The molecule has 0 radical (unpaired) electrons. The van der Waals surface area contributed by atoms with Crippen molar-refractivity contribution >= 4 is 0 Å². The van der Waals surface area contributed by atoms with Crippen LogP contribution >= 0.6 is 0 Å². The lowest BCUT2D eigenvalue weighted by Gasteiger charge is -2.29. The number of likely N-dealkylation sites (tertiary alicyclic amines) is 1. The van der Waals surface area contributed by atoms with E-state index in [0.717, 1.165) is 30.8 Å². The zero-order valence-electron chi connectivity index (χ0n) is 12.7. The summed E-state index contributed by atoms with van der Waals surface area (Å²) in [5.74, 6) is -0.134. The van der Waals surface area contributed by atoms with Gasteiger partial charge >= 0.3 is 0 Å². The summed E-state index contributed by atoms with van der Waals surface area (Å²) in [4.78, 5) is 2.35. The van der Waals surface area contributed by atoms with Crippen LogP contribution in [0.3, 0.4) is 0 Å². The molecule has 3 heteroatoms. The van der Waals surface area contributed by atoms with Gasteiger partial charge in [0.25, 0.3) is 0 Å². The highest BCUT2D eigenvalue weighted by Gasteiger charge is 2.15. The molecule has 19 heavy (non-hydrogen) atoms. The summed E-state index contributed by atoms with van der Waals surface area (Å²) in [7, 11) is 2.16. The van der Waals surface area contributed by atoms with Gasteiger partial charge in [0.2, 0.25) is 0 Å². The number of hydrogen-bond acceptors (Lipinski definition) is 2. The number of piperidine rings is 1. The first-order valence-corrected chi connectivity index (χ1v) is 7.31. The standard InChI is InChI=1S/C14H21FN2.C2H6/c1-11-7-12(9-13(15)8-11)10-16-14-3-5-17(2)6-4-14;1-2/h7-9,14,16H,3-6,10H2,1-2H3;1-2H3. The smallest absolute Gasteiger partial charge is 0.123 e. The Morgan fingerprint density at radius 2 is 1.84 bits per heavy atom. The Kier molecular flexibility index (Phi) is 7.03. The third-order valence-corrected chi connectivity index (χ3v) is 3.42. The van der Waals surface area contributed by atoms with Gasteiger partial charge in [-0.1, -0.05) is 19.9 Å². The molecule has 1 aliphatic heterocycles. The number of aryl methyl sites for hydroxylation is 1. The highest BCUT2D eigenvalue weighted by Crippen LogP contribution is 2.11. The minimum Gasteiger partial charge on any atom is -0.310 e. The number of hydrogen-bond donors (Lipinski definition) is 1. The summed E-state index contributed by atoms with van der Waals surface area (Å²) in [6, 6.07) is 5.81. The normalized spacial score (nSPS) is 16.9. The Bertz CT molecular complexity index is 351. The summed E-state index contributed by atoms with van der Waals surface area (Å²) in [5, 5.41) is 3.52. The monoisotopic (exact) mass is 266 g/mol. The van der Waals surface area contributed by atoms with E-state index < -0.39 is 0 Å². The van der Waals surface area contributed by atoms with Crippen LogP contribution in [0.25, 0.3) is 0 Å². The summed E-state index contributed by atoms with van der Waals surface area (Å²) >= 11 is 0. The maximum atomic E-state index is 13.2. The Morgan fingerprint density at radius 3 is 2.42 bits per heavy atom. The van der Waals surface area contributed by atoms with Crippen LogP contribution in [-0.4, -0.2) is 31.1 Å². The van der Waals surface area contributed by atoms with Gasteiger partial charge in [-0.2, -0.15) is 0 Å². The number of rotatable bonds is 3. The van der Waals surface area contributed by atoms with Crippen LogP contribution in [0.5, 0.6) is 0 Å². The number of halogens is 1. The van der Waals surface area contributed by atoms with Crippen LogP contribution in [0, 0.1) is 12.7 Å². The van der Waals surface area contributed by atoms with Crippen molar-refractivity contribution < 1.29 is 4.39 Å². The Morgan fingerprint density at radius 1 is 1.21 bits per heavy atom. The van der Waals surface area contributed by atoms with Crippen LogP contribution in [-0.2, 0) is 6.54 Å². The molecule has 2 rings (SSSR count). The molecule has 0 saturated carbocycles. The van der Waals surface area contributed by atoms with Gasteiger partial charge in [0.1, 0.15) is 5.82 Å². The Hall–Kier alpha value is -0.930. The third-order valence-electron chi connectivity index (χ3n) is 3.42. The van der Waals surface area contributed by atoms with E-state index in [1.807, 2.05) is 26.8 Å². The van der Waals surface area contributed by atoms with Gasteiger partial charge in [0.15, 0.2) is 0 Å². The van der Waals surface area contributed by atoms with Crippen molar-refractivity contribution in [3.63, 3.8) is 0 Å². The van der Waals surface area contributed by atoms with E-state index in [-0.39, 0.29) is 5.82 Å². The molecule has 1 heterocycles. The fraction of sp³-hybridized carbons (Fsp3) is 0.625. The molecule has 0 aliphatic carbocycles. The van der Waals surface area contributed by atoms with Crippen molar-refractivity contribution in [2.24, 2.45) is 0 Å². The zero-order chi connectivity index (χ0) is 14.3. The molecule has 0 amide bonds. The molecule has 1 aromatic rings. The summed E-state index contributed by atoms with van der Waals surface area (Å²) in [6.45, 7) is 9.01. The molecule has 0 aromatic heterocycles. The lowest BCUT2D eigenvalue weighted by molar-refractivity contribution is 0.234. The maximum absolute atomic E-state index is 13.2. The highest BCUT2D eigenvalue weighted by molar-refractivity contribution is 5.23. The lowest BCUT2D eigenvalue weighted by atomic mass is 10.0. The summed E-state index contributed by atoms with van der Waals surface area (Å²) < 4.78 is 13.2. The van der Waals surface area contributed by atoms with Crippen molar-refractivity contribution in [3.05, 3.63) is 35.1 Å². The lowest BCUT2D eigenvalue weighted by Crippen LogP contribution is -2.40. The quantitative estimate of drug-likeness (QED) is 0.902. The molecular weight excluding hydrogens is 239 g/mol. The number of nitrogens with zero attached hydrogens (tertiary/aromatic N) is 1. The summed E-state index contributed by atoms with van der Waals surface area (Å²) in [6.07, 6.45) is 2.37. The van der Waals surface area contributed by atoms with Gasteiger partial charge in [0.05, 0.1) is 0 Å². The average Bonchev–Trinajstić information content (AvgIpc) is 2.39. The van der Waals surface area contributed by atoms with Crippen LogP contribution in [0.15, 0.2) is 18.2 Å². The second-order valence-electron chi connectivity index (χ2n) is 5.10. The maximum Gasteiger partial charge on any atom is 0.123 e. The predicted molar refractivity (Wildman–Crippen MR) is 79.8 cm³/mol. The topological polar surface area (TPSA) is 15.3 Å². The summed E-state index contributed by atoms with van der Waals surface area (Å²) in [5.41, 5.74) is 2.03. The van der Waals surface area contributed by atoms with Crippen LogP contribution < -0.4 is 5.32 Å². The SMILES string of the molecule is CC.Cc1cc(F)cc(CNC2CCN(C)CC2)c1. The van der Waals surface area contributed by atoms with E-state index in [1.54, 1.807) is 12.1 Å². The average molecular weight is 266 g/mol. The highest BCUT2D eigenvalue weighted by atomic mass is 19.1. The fourth-order valence-corrected chi connectivity index (χ4v) is 2.39. The van der Waals surface area contributed by atoms with Gasteiger partial charge in [-0.15, -0.1) is 0 Å². The second-order valence-corrected chi connectivity index (χ2v) is 5.10. The second kappa shape index (κ2) is 8.28. The van der Waals surface area contributed by atoms with Crippen molar-refractivity contribution in [3.8, 4) is 0 Å². The van der Waals surface area contributed by atoms with Crippen LogP contribution in [0.1, 0.15) is 37.8 Å². The van der Waals surface area contributed by atoms with Crippen molar-refractivity contribution in [1.82, 2.24) is 10.2 Å². The van der Waals surface area contributed by atoms with E-state index in [9.17, 15) is 4.39 Å². The van der Waals surface area contributed by atoms with Gasteiger partial charge in [-0.25, -0.2) is 4.39 Å². The van der Waals surface area contributed by atoms with Gasteiger partial charge in [0, 0.05) is 12.6 Å². The number of benzene rings is 1. The third kappa shape index (κ3) is 5.70. The predicted octanol–water partition coefficient (Wildman–Crippen LogP) is 3.34. The molecule has 108 valence electrons. The molecule has 0 atom stereocenters. The largest absolute Gasteiger partial charge is 0.310 e. The minimum absolute atomic E-state index is 0.134.